The Morgan fingerprint density at radius 1 is 1.07 bits per heavy atom. The van der Waals surface area contributed by atoms with E-state index in [-0.39, 0.29) is 24.2 Å². The van der Waals surface area contributed by atoms with E-state index in [1.54, 1.807) is 0 Å². The summed E-state index contributed by atoms with van der Waals surface area (Å²) in [6, 6.07) is 11.3. The van der Waals surface area contributed by atoms with Crippen LogP contribution in [0.3, 0.4) is 0 Å². The van der Waals surface area contributed by atoms with Crippen LogP contribution in [-0.2, 0) is 22.4 Å². The van der Waals surface area contributed by atoms with E-state index in [0.29, 0.717) is 25.5 Å². The van der Waals surface area contributed by atoms with Gasteiger partial charge in [0, 0.05) is 23.8 Å². The molecule has 6 heteroatoms. The Morgan fingerprint density at radius 3 is 2.64 bits per heavy atom. The second-order valence-corrected chi connectivity index (χ2v) is 7.44. The Morgan fingerprint density at radius 2 is 1.86 bits per heavy atom. The third-order valence-electron chi connectivity index (χ3n) is 4.99. The maximum atomic E-state index is 12.5. The second kappa shape index (κ2) is 7.54. The number of ether oxygens (including phenoxy) is 2. The fourth-order valence-electron chi connectivity index (χ4n) is 3.61. The number of benzene rings is 2. The van der Waals surface area contributed by atoms with Gasteiger partial charge >= 0.3 is 0 Å². The topological polar surface area (TPSA) is 67.9 Å². The average Bonchev–Trinajstić information content (AvgIpc) is 3.10. The van der Waals surface area contributed by atoms with Gasteiger partial charge < -0.3 is 19.7 Å². The first kappa shape index (κ1) is 18.3. The van der Waals surface area contributed by atoms with Crippen molar-refractivity contribution in [3.05, 3.63) is 47.5 Å². The number of hydrogen-bond acceptors (Lipinski definition) is 4. The molecule has 4 rings (SSSR count). The van der Waals surface area contributed by atoms with Crippen LogP contribution in [-0.4, -0.2) is 31.6 Å². The molecular formula is C22H24N2O4. The number of carbonyl (C=O) groups is 2. The quantitative estimate of drug-likeness (QED) is 0.885. The third kappa shape index (κ3) is 3.67. The highest BCUT2D eigenvalue weighted by Gasteiger charge is 2.26. The molecule has 0 saturated carbocycles. The molecule has 0 atom stereocenters. The minimum atomic E-state index is -0.0928. The maximum Gasteiger partial charge on any atom is 0.229 e. The predicted octanol–water partition coefficient (Wildman–Crippen LogP) is 3.18. The van der Waals surface area contributed by atoms with Gasteiger partial charge in [-0.2, -0.15) is 0 Å². The van der Waals surface area contributed by atoms with E-state index >= 15 is 0 Å². The van der Waals surface area contributed by atoms with Crippen LogP contribution in [0.15, 0.2) is 36.4 Å². The third-order valence-corrected chi connectivity index (χ3v) is 4.99. The molecule has 0 aromatic heterocycles. The molecular weight excluding hydrogens is 356 g/mol. The van der Waals surface area contributed by atoms with Crippen LogP contribution in [0.2, 0.25) is 0 Å². The molecule has 6 nitrogen and oxygen atoms in total. The van der Waals surface area contributed by atoms with E-state index in [4.69, 9.17) is 9.47 Å². The molecule has 2 aromatic rings. The number of nitrogens with zero attached hydrogens (tertiary/aromatic N) is 1. The van der Waals surface area contributed by atoms with Gasteiger partial charge in [-0.1, -0.05) is 19.9 Å². The van der Waals surface area contributed by atoms with Crippen LogP contribution in [0.25, 0.3) is 0 Å². The number of fused-ring (bicyclic) bond motifs is 2. The fraction of sp³-hybridized carbons (Fsp3) is 0.364. The van der Waals surface area contributed by atoms with E-state index in [2.05, 4.69) is 5.32 Å². The van der Waals surface area contributed by atoms with Gasteiger partial charge in [0.15, 0.2) is 11.5 Å². The molecule has 28 heavy (non-hydrogen) atoms. The van der Waals surface area contributed by atoms with Crippen molar-refractivity contribution < 1.29 is 19.1 Å². The first-order chi connectivity index (χ1) is 13.5. The van der Waals surface area contributed by atoms with Crippen LogP contribution in [0.1, 0.15) is 25.0 Å². The molecule has 0 fully saturated rings. The summed E-state index contributed by atoms with van der Waals surface area (Å²) in [6.45, 7) is 5.58. The minimum absolute atomic E-state index is 0.0312. The van der Waals surface area contributed by atoms with Crippen LogP contribution in [0.5, 0.6) is 11.5 Å². The predicted molar refractivity (Wildman–Crippen MR) is 107 cm³/mol. The molecule has 146 valence electrons. The van der Waals surface area contributed by atoms with Gasteiger partial charge in [0.25, 0.3) is 0 Å². The van der Waals surface area contributed by atoms with E-state index in [0.717, 1.165) is 34.7 Å². The molecule has 2 aromatic carbocycles. The first-order valence-electron chi connectivity index (χ1n) is 9.64. The number of rotatable bonds is 4. The number of anilines is 2. The lowest BCUT2D eigenvalue weighted by Crippen LogP contribution is -2.32. The number of amides is 2. The van der Waals surface area contributed by atoms with Crippen LogP contribution < -0.4 is 19.7 Å². The SMILES string of the molecule is CC(C)C(=O)N1CCc2cc(NC(=O)Cc3ccc4c(c3)OCCO4)ccc21. The van der Waals surface area contributed by atoms with Gasteiger partial charge in [-0.05, 0) is 47.9 Å². The molecule has 0 unspecified atom stereocenters. The summed E-state index contributed by atoms with van der Waals surface area (Å²) >= 11 is 0. The number of hydrogen-bond donors (Lipinski definition) is 1. The molecule has 2 amide bonds. The summed E-state index contributed by atoms with van der Waals surface area (Å²) in [5.74, 6) is 1.41. The van der Waals surface area contributed by atoms with Crippen molar-refractivity contribution in [2.75, 3.05) is 30.0 Å². The van der Waals surface area contributed by atoms with Gasteiger partial charge in [0.2, 0.25) is 11.8 Å². The van der Waals surface area contributed by atoms with Gasteiger partial charge in [0.1, 0.15) is 13.2 Å². The summed E-state index contributed by atoms with van der Waals surface area (Å²) < 4.78 is 11.1. The summed E-state index contributed by atoms with van der Waals surface area (Å²) in [7, 11) is 0. The second-order valence-electron chi connectivity index (χ2n) is 7.44. The standard InChI is InChI=1S/C22H24N2O4/c1-14(2)22(26)24-8-7-16-13-17(4-5-18(16)24)23-21(25)12-15-3-6-19-20(11-15)28-10-9-27-19/h3-6,11,13-14H,7-10,12H2,1-2H3,(H,23,25). The summed E-state index contributed by atoms with van der Waals surface area (Å²) in [4.78, 5) is 26.6. The van der Waals surface area contributed by atoms with Crippen molar-refractivity contribution in [1.82, 2.24) is 0 Å². The smallest absolute Gasteiger partial charge is 0.229 e. The Hall–Kier alpha value is -3.02. The molecule has 1 N–H and O–H groups in total. The number of nitrogens with one attached hydrogen (secondary N) is 1. The number of carbonyl (C=O) groups excluding carboxylic acids is 2. The molecule has 0 aliphatic carbocycles. The molecule has 0 saturated heterocycles. The molecule has 2 aliphatic rings. The largest absolute Gasteiger partial charge is 0.486 e. The van der Waals surface area contributed by atoms with Crippen LogP contribution in [0.4, 0.5) is 11.4 Å². The summed E-state index contributed by atoms with van der Waals surface area (Å²) in [5.41, 5.74) is 3.66. The highest BCUT2D eigenvalue weighted by Crippen LogP contribution is 2.32. The zero-order valence-electron chi connectivity index (χ0n) is 16.2. The van der Waals surface area contributed by atoms with Crippen molar-refractivity contribution in [3.63, 3.8) is 0 Å². The minimum Gasteiger partial charge on any atom is -0.486 e. The molecule has 2 heterocycles. The Kier molecular flexibility index (Phi) is 4.94. The normalized spacial score (nSPS) is 14.8. The summed E-state index contributed by atoms with van der Waals surface area (Å²) in [6.07, 6.45) is 1.06. The van der Waals surface area contributed by atoms with E-state index < -0.39 is 0 Å². The van der Waals surface area contributed by atoms with Crippen molar-refractivity contribution >= 4 is 23.2 Å². The maximum absolute atomic E-state index is 12.5. The van der Waals surface area contributed by atoms with Gasteiger partial charge in [-0.25, -0.2) is 0 Å². The molecule has 0 bridgehead atoms. The van der Waals surface area contributed by atoms with Gasteiger partial charge in [-0.15, -0.1) is 0 Å². The Labute approximate surface area is 164 Å². The first-order valence-corrected chi connectivity index (χ1v) is 9.64. The van der Waals surface area contributed by atoms with E-state index in [9.17, 15) is 9.59 Å². The zero-order valence-corrected chi connectivity index (χ0v) is 16.2. The molecule has 0 radical (unpaired) electrons. The van der Waals surface area contributed by atoms with E-state index in [1.807, 2.05) is 55.1 Å². The Balaban J connectivity index is 1.42. The van der Waals surface area contributed by atoms with E-state index in [1.165, 1.54) is 0 Å². The lowest BCUT2D eigenvalue weighted by Gasteiger charge is -2.20. The highest BCUT2D eigenvalue weighted by atomic mass is 16.6. The molecule has 2 aliphatic heterocycles. The monoisotopic (exact) mass is 380 g/mol. The lowest BCUT2D eigenvalue weighted by molar-refractivity contribution is -0.121. The van der Waals surface area contributed by atoms with Gasteiger partial charge in [-0.3, -0.25) is 9.59 Å². The molecule has 0 spiro atoms. The summed E-state index contributed by atoms with van der Waals surface area (Å²) in [5, 5.41) is 2.95. The van der Waals surface area contributed by atoms with Crippen molar-refractivity contribution in [2.45, 2.75) is 26.7 Å². The lowest BCUT2D eigenvalue weighted by atomic mass is 10.1. The average molecular weight is 380 g/mol. The van der Waals surface area contributed by atoms with Crippen LogP contribution >= 0.6 is 0 Å². The van der Waals surface area contributed by atoms with Crippen molar-refractivity contribution in [1.29, 1.82) is 0 Å². The highest BCUT2D eigenvalue weighted by molar-refractivity contribution is 5.98. The van der Waals surface area contributed by atoms with Crippen LogP contribution in [0, 0.1) is 5.92 Å². The van der Waals surface area contributed by atoms with Gasteiger partial charge in [0.05, 0.1) is 6.42 Å². The van der Waals surface area contributed by atoms with Crippen molar-refractivity contribution in [2.24, 2.45) is 5.92 Å². The Bertz CT molecular complexity index is 923. The fourth-order valence-corrected chi connectivity index (χ4v) is 3.61. The zero-order chi connectivity index (χ0) is 19.7. The van der Waals surface area contributed by atoms with Crippen molar-refractivity contribution in [3.8, 4) is 11.5 Å².